The fourth-order valence-electron chi connectivity index (χ4n) is 3.44. The van der Waals surface area contributed by atoms with Gasteiger partial charge < -0.3 is 13.9 Å². The SMILES string of the molecule is Cc1nc(CN2CCC[C@@H]2c2ccc3c(c2)OCCO3)oc1C. The zero-order valence-corrected chi connectivity index (χ0v) is 13.7. The molecule has 2 aliphatic rings. The molecule has 1 saturated heterocycles. The van der Waals surface area contributed by atoms with Gasteiger partial charge in [0, 0.05) is 6.04 Å². The highest BCUT2D eigenvalue weighted by atomic mass is 16.6. The highest BCUT2D eigenvalue weighted by Gasteiger charge is 2.28. The molecule has 4 rings (SSSR count). The van der Waals surface area contributed by atoms with Crippen molar-refractivity contribution in [2.24, 2.45) is 0 Å². The molecule has 0 amide bonds. The van der Waals surface area contributed by atoms with Gasteiger partial charge in [-0.25, -0.2) is 4.98 Å². The highest BCUT2D eigenvalue weighted by molar-refractivity contribution is 5.44. The Morgan fingerprint density at radius 3 is 2.78 bits per heavy atom. The Bertz CT molecular complexity index is 691. The molecule has 0 spiro atoms. The van der Waals surface area contributed by atoms with E-state index in [0.717, 1.165) is 48.4 Å². The minimum Gasteiger partial charge on any atom is -0.486 e. The summed E-state index contributed by atoms with van der Waals surface area (Å²) in [6.07, 6.45) is 2.34. The van der Waals surface area contributed by atoms with Crippen molar-refractivity contribution in [3.05, 3.63) is 41.1 Å². The minimum atomic E-state index is 0.387. The first-order valence-corrected chi connectivity index (χ1v) is 8.27. The zero-order valence-electron chi connectivity index (χ0n) is 13.7. The molecule has 0 unspecified atom stereocenters. The first kappa shape index (κ1) is 14.6. The number of nitrogens with zero attached hydrogens (tertiary/aromatic N) is 2. The van der Waals surface area contributed by atoms with Gasteiger partial charge in [-0.2, -0.15) is 0 Å². The Balaban J connectivity index is 1.55. The van der Waals surface area contributed by atoms with Crippen LogP contribution < -0.4 is 9.47 Å². The van der Waals surface area contributed by atoms with Gasteiger partial charge in [-0.3, -0.25) is 4.90 Å². The average molecular weight is 314 g/mol. The third kappa shape index (κ3) is 2.81. The summed E-state index contributed by atoms with van der Waals surface area (Å²) < 4.78 is 17.1. The fraction of sp³-hybridized carbons (Fsp3) is 0.500. The van der Waals surface area contributed by atoms with Crippen molar-refractivity contribution < 1.29 is 13.9 Å². The fourth-order valence-corrected chi connectivity index (χ4v) is 3.44. The van der Waals surface area contributed by atoms with Crippen molar-refractivity contribution in [3.8, 4) is 11.5 Å². The molecule has 2 aliphatic heterocycles. The lowest BCUT2D eigenvalue weighted by Crippen LogP contribution is -2.23. The molecule has 2 aromatic rings. The Morgan fingerprint density at radius 1 is 1.17 bits per heavy atom. The van der Waals surface area contributed by atoms with Crippen LogP contribution in [0.15, 0.2) is 22.6 Å². The predicted molar refractivity (Wildman–Crippen MR) is 85.8 cm³/mol. The van der Waals surface area contributed by atoms with E-state index in [9.17, 15) is 0 Å². The number of rotatable bonds is 3. The van der Waals surface area contributed by atoms with Crippen molar-refractivity contribution in [2.45, 2.75) is 39.3 Å². The molecule has 1 atom stereocenters. The van der Waals surface area contributed by atoms with E-state index in [1.165, 1.54) is 12.0 Å². The van der Waals surface area contributed by atoms with Crippen LogP contribution in [0, 0.1) is 13.8 Å². The number of aryl methyl sites for hydroxylation is 2. The zero-order chi connectivity index (χ0) is 15.8. The number of ether oxygens (including phenoxy) is 2. The van der Waals surface area contributed by atoms with E-state index < -0.39 is 0 Å². The minimum absolute atomic E-state index is 0.387. The molecule has 0 aliphatic carbocycles. The van der Waals surface area contributed by atoms with Gasteiger partial charge in [-0.1, -0.05) is 6.07 Å². The van der Waals surface area contributed by atoms with E-state index in [-0.39, 0.29) is 0 Å². The molecule has 0 bridgehead atoms. The van der Waals surface area contributed by atoms with Gasteiger partial charge in [0.25, 0.3) is 0 Å². The van der Waals surface area contributed by atoms with E-state index in [1.54, 1.807) is 0 Å². The van der Waals surface area contributed by atoms with E-state index in [2.05, 4.69) is 22.0 Å². The van der Waals surface area contributed by atoms with Crippen LogP contribution in [0.5, 0.6) is 11.5 Å². The third-order valence-corrected chi connectivity index (χ3v) is 4.73. The number of oxazole rings is 1. The highest BCUT2D eigenvalue weighted by Crippen LogP contribution is 2.38. The predicted octanol–water partition coefficient (Wildman–Crippen LogP) is 3.40. The number of aromatic nitrogens is 1. The summed E-state index contributed by atoms with van der Waals surface area (Å²) in [5.41, 5.74) is 2.27. The first-order valence-electron chi connectivity index (χ1n) is 8.27. The second kappa shape index (κ2) is 5.89. The van der Waals surface area contributed by atoms with Crippen LogP contribution in [0.25, 0.3) is 0 Å². The Morgan fingerprint density at radius 2 is 2.00 bits per heavy atom. The van der Waals surface area contributed by atoms with Gasteiger partial charge in [-0.05, 0) is 50.9 Å². The number of hydrogen-bond acceptors (Lipinski definition) is 5. The molecule has 5 nitrogen and oxygen atoms in total. The quantitative estimate of drug-likeness (QED) is 0.869. The largest absolute Gasteiger partial charge is 0.486 e. The summed E-state index contributed by atoms with van der Waals surface area (Å²) in [6, 6.07) is 6.70. The Hall–Kier alpha value is -2.01. The van der Waals surface area contributed by atoms with E-state index in [4.69, 9.17) is 13.9 Å². The summed E-state index contributed by atoms with van der Waals surface area (Å²) in [5.74, 6) is 3.44. The van der Waals surface area contributed by atoms with Crippen molar-refractivity contribution in [3.63, 3.8) is 0 Å². The van der Waals surface area contributed by atoms with Crippen molar-refractivity contribution >= 4 is 0 Å². The maximum atomic E-state index is 5.75. The standard InChI is InChI=1S/C18H22N2O3/c1-12-13(2)23-18(19-12)11-20-7-3-4-15(20)14-5-6-16-17(10-14)22-9-8-21-16/h5-6,10,15H,3-4,7-9,11H2,1-2H3/t15-/m1/s1. The summed E-state index contributed by atoms with van der Waals surface area (Å²) in [5, 5.41) is 0. The van der Waals surface area contributed by atoms with Gasteiger partial charge in [0.15, 0.2) is 11.5 Å². The number of hydrogen-bond donors (Lipinski definition) is 0. The Kier molecular flexibility index (Phi) is 3.73. The maximum Gasteiger partial charge on any atom is 0.208 e. The second-order valence-corrected chi connectivity index (χ2v) is 6.28. The van der Waals surface area contributed by atoms with Crippen molar-refractivity contribution in [1.82, 2.24) is 9.88 Å². The van der Waals surface area contributed by atoms with Gasteiger partial charge in [0.05, 0.1) is 12.2 Å². The average Bonchev–Trinajstić information content (AvgIpc) is 3.14. The molecule has 0 saturated carbocycles. The lowest BCUT2D eigenvalue weighted by atomic mass is 10.0. The van der Waals surface area contributed by atoms with Gasteiger partial charge in [-0.15, -0.1) is 0 Å². The van der Waals surface area contributed by atoms with Crippen LogP contribution in [0.1, 0.15) is 41.8 Å². The molecule has 5 heteroatoms. The molecule has 3 heterocycles. The summed E-state index contributed by atoms with van der Waals surface area (Å²) in [4.78, 5) is 6.96. The lowest BCUT2D eigenvalue weighted by Gasteiger charge is -2.25. The topological polar surface area (TPSA) is 47.7 Å². The molecule has 23 heavy (non-hydrogen) atoms. The van der Waals surface area contributed by atoms with Crippen molar-refractivity contribution in [1.29, 1.82) is 0 Å². The van der Waals surface area contributed by atoms with Gasteiger partial charge in [0.2, 0.25) is 5.89 Å². The van der Waals surface area contributed by atoms with E-state index in [0.29, 0.717) is 19.3 Å². The molecular formula is C18H22N2O3. The summed E-state index contributed by atoms with van der Waals surface area (Å²) in [7, 11) is 0. The number of benzene rings is 1. The second-order valence-electron chi connectivity index (χ2n) is 6.28. The summed E-state index contributed by atoms with van der Waals surface area (Å²) in [6.45, 7) is 7.04. The van der Waals surface area contributed by atoms with Crippen LogP contribution in [-0.2, 0) is 6.54 Å². The van der Waals surface area contributed by atoms with Crippen LogP contribution >= 0.6 is 0 Å². The Labute approximate surface area is 136 Å². The maximum absolute atomic E-state index is 5.75. The number of fused-ring (bicyclic) bond motifs is 1. The van der Waals surface area contributed by atoms with Crippen molar-refractivity contribution in [2.75, 3.05) is 19.8 Å². The molecular weight excluding hydrogens is 292 g/mol. The molecule has 0 radical (unpaired) electrons. The molecule has 1 fully saturated rings. The van der Waals surface area contributed by atoms with Crippen LogP contribution in [0.3, 0.4) is 0 Å². The lowest BCUT2D eigenvalue weighted by molar-refractivity contribution is 0.170. The van der Waals surface area contributed by atoms with Gasteiger partial charge in [0.1, 0.15) is 19.0 Å². The van der Waals surface area contributed by atoms with E-state index >= 15 is 0 Å². The van der Waals surface area contributed by atoms with E-state index in [1.807, 2.05) is 19.9 Å². The van der Waals surface area contributed by atoms with Crippen LogP contribution in [-0.4, -0.2) is 29.6 Å². The molecule has 122 valence electrons. The van der Waals surface area contributed by atoms with Crippen LogP contribution in [0.2, 0.25) is 0 Å². The first-order chi connectivity index (χ1) is 11.2. The molecule has 0 N–H and O–H groups in total. The van der Waals surface area contributed by atoms with Crippen LogP contribution in [0.4, 0.5) is 0 Å². The third-order valence-electron chi connectivity index (χ3n) is 4.73. The normalized spacial score (nSPS) is 20.9. The smallest absolute Gasteiger partial charge is 0.208 e. The van der Waals surface area contributed by atoms with Gasteiger partial charge >= 0.3 is 0 Å². The molecule has 1 aromatic carbocycles. The number of likely N-dealkylation sites (tertiary alicyclic amines) is 1. The summed E-state index contributed by atoms with van der Waals surface area (Å²) >= 11 is 0. The molecule has 1 aromatic heterocycles. The monoisotopic (exact) mass is 314 g/mol.